The Labute approximate surface area is 95.1 Å². The van der Waals surface area contributed by atoms with E-state index in [1.165, 1.54) is 0 Å². The summed E-state index contributed by atoms with van der Waals surface area (Å²) >= 11 is 6.02. The second-order valence-corrected chi connectivity index (χ2v) is 3.47. The molecule has 1 aromatic carbocycles. The van der Waals surface area contributed by atoms with E-state index < -0.39 is 0 Å². The lowest BCUT2D eigenvalue weighted by atomic mass is 10.1. The van der Waals surface area contributed by atoms with Gasteiger partial charge in [0, 0.05) is 6.61 Å². The summed E-state index contributed by atoms with van der Waals surface area (Å²) in [7, 11) is 0. The van der Waals surface area contributed by atoms with Gasteiger partial charge in [0.2, 0.25) is 0 Å². The molecule has 0 saturated heterocycles. The summed E-state index contributed by atoms with van der Waals surface area (Å²) in [5.41, 5.74) is 6.57. The fourth-order valence-electron chi connectivity index (χ4n) is 1.17. The van der Waals surface area contributed by atoms with Crippen LogP contribution in [-0.4, -0.2) is 19.9 Å². The molecule has 1 rings (SSSR count). The number of nitrogens with two attached hydrogens (primary N) is 1. The van der Waals surface area contributed by atoms with Gasteiger partial charge in [0.25, 0.3) is 0 Å². The molecule has 0 amide bonds. The van der Waals surface area contributed by atoms with Crippen LogP contribution in [0.4, 0.5) is 0 Å². The summed E-state index contributed by atoms with van der Waals surface area (Å²) < 4.78 is 10.4. The first kappa shape index (κ1) is 12.3. The normalized spacial score (nSPS) is 10.3. The Bertz CT molecular complexity index is 305. The number of halogens is 1. The molecule has 0 atom stereocenters. The van der Waals surface area contributed by atoms with Crippen molar-refractivity contribution in [2.24, 2.45) is 5.73 Å². The van der Waals surface area contributed by atoms with Gasteiger partial charge in [-0.1, -0.05) is 17.7 Å². The van der Waals surface area contributed by atoms with Crippen molar-refractivity contribution in [1.82, 2.24) is 0 Å². The predicted octanol–water partition coefficient (Wildman–Crippen LogP) is 2.21. The van der Waals surface area contributed by atoms with E-state index in [1.54, 1.807) is 0 Å². The van der Waals surface area contributed by atoms with Crippen LogP contribution in [0, 0.1) is 0 Å². The molecule has 0 saturated carbocycles. The average molecular weight is 230 g/mol. The average Bonchev–Trinajstić information content (AvgIpc) is 2.22. The second-order valence-electron chi connectivity index (χ2n) is 3.06. The molecule has 0 fully saturated rings. The predicted molar refractivity (Wildman–Crippen MR) is 61.3 cm³/mol. The third-order valence-corrected chi connectivity index (χ3v) is 2.23. The first-order valence-electron chi connectivity index (χ1n) is 4.97. The molecule has 15 heavy (non-hydrogen) atoms. The van der Waals surface area contributed by atoms with E-state index in [2.05, 4.69) is 0 Å². The lowest BCUT2D eigenvalue weighted by Gasteiger charge is -2.08. The van der Waals surface area contributed by atoms with Crippen LogP contribution in [0.3, 0.4) is 0 Å². The van der Waals surface area contributed by atoms with Crippen LogP contribution in [0.25, 0.3) is 0 Å². The molecule has 0 radical (unpaired) electrons. The number of ether oxygens (including phenoxy) is 2. The highest BCUT2D eigenvalue weighted by atomic mass is 35.5. The summed E-state index contributed by atoms with van der Waals surface area (Å²) in [5.74, 6) is 0.644. The van der Waals surface area contributed by atoms with E-state index >= 15 is 0 Å². The Morgan fingerprint density at radius 1 is 1.40 bits per heavy atom. The summed E-state index contributed by atoms with van der Waals surface area (Å²) in [6.45, 7) is 3.39. The van der Waals surface area contributed by atoms with Gasteiger partial charge < -0.3 is 15.2 Å². The van der Waals surface area contributed by atoms with Crippen LogP contribution < -0.4 is 10.5 Å². The third kappa shape index (κ3) is 4.08. The van der Waals surface area contributed by atoms with Crippen molar-refractivity contribution in [3.8, 4) is 5.75 Å². The van der Waals surface area contributed by atoms with Crippen LogP contribution in [0.15, 0.2) is 18.2 Å². The zero-order chi connectivity index (χ0) is 11.1. The Balaban J connectivity index is 2.58. The van der Waals surface area contributed by atoms with Crippen molar-refractivity contribution in [3.05, 3.63) is 28.8 Å². The lowest BCUT2D eigenvalue weighted by Crippen LogP contribution is -2.04. The minimum absolute atomic E-state index is 0.229. The molecule has 0 spiro atoms. The molecule has 2 N–H and O–H groups in total. The minimum atomic E-state index is 0.229. The number of benzene rings is 1. The van der Waals surface area contributed by atoms with Crippen molar-refractivity contribution in [1.29, 1.82) is 0 Å². The minimum Gasteiger partial charge on any atom is -0.466 e. The van der Waals surface area contributed by atoms with Crippen molar-refractivity contribution >= 4 is 11.6 Å². The molecule has 1 aromatic rings. The lowest BCUT2D eigenvalue weighted by molar-refractivity contribution is 0.0224. The SMILES string of the molecule is CCOCOc1ccc(CCN)cc1Cl. The third-order valence-electron chi connectivity index (χ3n) is 1.93. The van der Waals surface area contributed by atoms with Gasteiger partial charge in [-0.3, -0.25) is 0 Å². The van der Waals surface area contributed by atoms with Crippen molar-refractivity contribution < 1.29 is 9.47 Å². The van der Waals surface area contributed by atoms with Gasteiger partial charge in [0.1, 0.15) is 5.75 Å². The van der Waals surface area contributed by atoms with Crippen LogP contribution in [0.2, 0.25) is 5.02 Å². The van der Waals surface area contributed by atoms with Crippen LogP contribution in [-0.2, 0) is 11.2 Å². The van der Waals surface area contributed by atoms with Crippen molar-refractivity contribution in [2.45, 2.75) is 13.3 Å². The summed E-state index contributed by atoms with van der Waals surface area (Å²) in [5, 5.41) is 0.598. The van der Waals surface area contributed by atoms with E-state index in [1.807, 2.05) is 25.1 Å². The Morgan fingerprint density at radius 3 is 2.80 bits per heavy atom. The van der Waals surface area contributed by atoms with Crippen LogP contribution in [0.1, 0.15) is 12.5 Å². The Morgan fingerprint density at radius 2 is 2.20 bits per heavy atom. The van der Waals surface area contributed by atoms with Gasteiger partial charge in [-0.2, -0.15) is 0 Å². The maximum atomic E-state index is 6.02. The van der Waals surface area contributed by atoms with E-state index in [4.69, 9.17) is 26.8 Å². The fraction of sp³-hybridized carbons (Fsp3) is 0.455. The Kier molecular flexibility index (Phi) is 5.47. The molecule has 0 aliphatic heterocycles. The smallest absolute Gasteiger partial charge is 0.189 e. The molecule has 4 heteroatoms. The van der Waals surface area contributed by atoms with Crippen LogP contribution in [0.5, 0.6) is 5.75 Å². The molecule has 0 aliphatic rings. The number of rotatable bonds is 6. The topological polar surface area (TPSA) is 44.5 Å². The van der Waals surface area contributed by atoms with E-state index in [-0.39, 0.29) is 6.79 Å². The van der Waals surface area contributed by atoms with Gasteiger partial charge in [-0.25, -0.2) is 0 Å². The highest BCUT2D eigenvalue weighted by molar-refractivity contribution is 6.32. The van der Waals surface area contributed by atoms with E-state index in [0.717, 1.165) is 12.0 Å². The molecule has 0 bridgehead atoms. The zero-order valence-corrected chi connectivity index (χ0v) is 9.59. The molecule has 0 aromatic heterocycles. The highest BCUT2D eigenvalue weighted by Gasteiger charge is 2.02. The summed E-state index contributed by atoms with van der Waals surface area (Å²) in [6, 6.07) is 5.67. The summed E-state index contributed by atoms with van der Waals surface area (Å²) in [6.07, 6.45) is 0.825. The van der Waals surface area contributed by atoms with E-state index in [9.17, 15) is 0 Å². The summed E-state index contributed by atoms with van der Waals surface area (Å²) in [4.78, 5) is 0. The maximum Gasteiger partial charge on any atom is 0.189 e. The molecule has 0 aliphatic carbocycles. The first-order chi connectivity index (χ1) is 7.27. The fourth-order valence-corrected chi connectivity index (χ4v) is 1.43. The molecular weight excluding hydrogens is 214 g/mol. The van der Waals surface area contributed by atoms with Crippen molar-refractivity contribution in [2.75, 3.05) is 19.9 Å². The molecule has 3 nitrogen and oxygen atoms in total. The largest absolute Gasteiger partial charge is 0.466 e. The van der Waals surface area contributed by atoms with Crippen LogP contribution >= 0.6 is 11.6 Å². The van der Waals surface area contributed by atoms with Gasteiger partial charge in [0.05, 0.1) is 5.02 Å². The second kappa shape index (κ2) is 6.67. The quantitative estimate of drug-likeness (QED) is 0.601. The number of hydrogen-bond donors (Lipinski definition) is 1. The van der Waals surface area contributed by atoms with Gasteiger partial charge in [-0.05, 0) is 37.6 Å². The molecule has 84 valence electrons. The van der Waals surface area contributed by atoms with Gasteiger partial charge >= 0.3 is 0 Å². The highest BCUT2D eigenvalue weighted by Crippen LogP contribution is 2.25. The molecular formula is C11H16ClNO2. The van der Waals surface area contributed by atoms with Gasteiger partial charge in [-0.15, -0.1) is 0 Å². The number of hydrogen-bond acceptors (Lipinski definition) is 3. The molecule has 0 unspecified atom stereocenters. The van der Waals surface area contributed by atoms with Gasteiger partial charge in [0.15, 0.2) is 6.79 Å². The molecule has 0 heterocycles. The van der Waals surface area contributed by atoms with E-state index in [0.29, 0.717) is 23.9 Å². The zero-order valence-electron chi connectivity index (χ0n) is 8.83. The maximum absolute atomic E-state index is 6.02. The van der Waals surface area contributed by atoms with Crippen molar-refractivity contribution in [3.63, 3.8) is 0 Å². The monoisotopic (exact) mass is 229 g/mol. The standard InChI is InChI=1S/C11H16ClNO2/c1-2-14-8-15-11-4-3-9(5-6-13)7-10(11)12/h3-4,7H,2,5-6,8,13H2,1H3. The first-order valence-corrected chi connectivity index (χ1v) is 5.34. The Hall–Kier alpha value is -0.770.